The summed E-state index contributed by atoms with van der Waals surface area (Å²) in [5, 5.41) is 7.01. The largest absolute Gasteiger partial charge is 0.354 e. The minimum Gasteiger partial charge on any atom is -0.354 e. The smallest absolute Gasteiger partial charge is 0.191 e. The van der Waals surface area contributed by atoms with Crippen molar-refractivity contribution in [3.63, 3.8) is 0 Å². The van der Waals surface area contributed by atoms with Gasteiger partial charge in [0, 0.05) is 32.5 Å². The fourth-order valence-electron chi connectivity index (χ4n) is 4.12. The summed E-state index contributed by atoms with van der Waals surface area (Å²) in [5.41, 5.74) is 0. The van der Waals surface area contributed by atoms with Crippen LogP contribution in [0, 0.1) is 11.8 Å². The van der Waals surface area contributed by atoms with Crippen LogP contribution in [0.3, 0.4) is 0 Å². The number of imidazole rings is 1. The summed E-state index contributed by atoms with van der Waals surface area (Å²) in [4.78, 5) is 8.71. The molecule has 5 heteroatoms. The molecule has 0 saturated heterocycles. The van der Waals surface area contributed by atoms with Crippen LogP contribution in [-0.2, 0) is 13.6 Å². The van der Waals surface area contributed by atoms with E-state index >= 15 is 0 Å². The molecule has 2 N–H and O–H groups in total. The van der Waals surface area contributed by atoms with Crippen molar-refractivity contribution in [2.45, 2.75) is 57.5 Å². The van der Waals surface area contributed by atoms with Crippen molar-refractivity contribution in [2.24, 2.45) is 23.9 Å². The summed E-state index contributed by atoms with van der Waals surface area (Å²) in [6, 6.07) is 0.576. The molecule has 1 heterocycles. The molecule has 22 heavy (non-hydrogen) atoms. The SMILES string of the molecule is CN=C(NCc1nccn1C)NC1CCC2CCCCC2C1. The second-order valence-electron chi connectivity index (χ2n) is 6.84. The Labute approximate surface area is 133 Å². The highest BCUT2D eigenvalue weighted by Crippen LogP contribution is 2.40. The Morgan fingerprint density at radius 1 is 1.27 bits per heavy atom. The Kier molecular flexibility index (Phi) is 5.01. The Morgan fingerprint density at radius 2 is 2.09 bits per heavy atom. The van der Waals surface area contributed by atoms with E-state index in [9.17, 15) is 0 Å². The normalized spacial score (nSPS) is 29.0. The summed E-state index contributed by atoms with van der Waals surface area (Å²) in [6.07, 6.45) is 13.6. The van der Waals surface area contributed by atoms with Crippen LogP contribution in [0.5, 0.6) is 0 Å². The maximum atomic E-state index is 4.37. The first-order valence-corrected chi connectivity index (χ1v) is 8.69. The van der Waals surface area contributed by atoms with Crippen molar-refractivity contribution in [3.8, 4) is 0 Å². The monoisotopic (exact) mass is 303 g/mol. The average molecular weight is 303 g/mol. The van der Waals surface area contributed by atoms with Crippen LogP contribution >= 0.6 is 0 Å². The number of nitrogens with one attached hydrogen (secondary N) is 2. The summed E-state index contributed by atoms with van der Waals surface area (Å²) < 4.78 is 2.04. The molecule has 2 aliphatic rings. The molecule has 0 amide bonds. The van der Waals surface area contributed by atoms with Crippen LogP contribution in [0.2, 0.25) is 0 Å². The average Bonchev–Trinajstić information content (AvgIpc) is 2.96. The first kappa shape index (κ1) is 15.4. The maximum Gasteiger partial charge on any atom is 0.191 e. The van der Waals surface area contributed by atoms with Gasteiger partial charge in [-0.25, -0.2) is 4.98 Å². The zero-order chi connectivity index (χ0) is 15.4. The van der Waals surface area contributed by atoms with E-state index in [1.54, 1.807) is 0 Å². The van der Waals surface area contributed by atoms with Crippen molar-refractivity contribution in [2.75, 3.05) is 7.05 Å². The lowest BCUT2D eigenvalue weighted by molar-refractivity contribution is 0.150. The number of rotatable bonds is 3. The maximum absolute atomic E-state index is 4.37. The van der Waals surface area contributed by atoms with Gasteiger partial charge in [-0.3, -0.25) is 4.99 Å². The van der Waals surface area contributed by atoms with Crippen LogP contribution in [-0.4, -0.2) is 28.6 Å². The van der Waals surface area contributed by atoms with Gasteiger partial charge in [0.1, 0.15) is 5.82 Å². The molecule has 0 spiro atoms. The quantitative estimate of drug-likeness (QED) is 0.666. The Bertz CT molecular complexity index is 507. The van der Waals surface area contributed by atoms with Crippen LogP contribution in [0.15, 0.2) is 17.4 Å². The van der Waals surface area contributed by atoms with Gasteiger partial charge >= 0.3 is 0 Å². The van der Waals surface area contributed by atoms with E-state index in [1.165, 1.54) is 44.9 Å². The third kappa shape index (κ3) is 3.62. The standard InChI is InChI=1S/C17H29N5/c1-18-17(20-12-16-19-9-10-22(16)2)21-15-8-7-13-5-3-4-6-14(13)11-15/h9-10,13-15H,3-8,11-12H2,1-2H3,(H2,18,20,21). The second-order valence-corrected chi connectivity index (χ2v) is 6.84. The van der Waals surface area contributed by atoms with E-state index in [0.29, 0.717) is 12.6 Å². The predicted molar refractivity (Wildman–Crippen MR) is 89.6 cm³/mol. The minimum absolute atomic E-state index is 0.576. The van der Waals surface area contributed by atoms with Gasteiger partial charge in [0.25, 0.3) is 0 Å². The summed E-state index contributed by atoms with van der Waals surface area (Å²) in [5.74, 6) is 3.86. The molecular formula is C17H29N5. The molecule has 2 aliphatic carbocycles. The summed E-state index contributed by atoms with van der Waals surface area (Å²) in [6.45, 7) is 0.710. The van der Waals surface area contributed by atoms with Gasteiger partial charge in [-0.15, -0.1) is 0 Å². The molecule has 122 valence electrons. The number of fused-ring (bicyclic) bond motifs is 1. The highest BCUT2D eigenvalue weighted by Gasteiger charge is 2.32. The lowest BCUT2D eigenvalue weighted by atomic mass is 9.69. The van der Waals surface area contributed by atoms with Gasteiger partial charge in [-0.05, 0) is 31.1 Å². The third-order valence-corrected chi connectivity index (χ3v) is 5.44. The number of guanidine groups is 1. The van der Waals surface area contributed by atoms with Crippen molar-refractivity contribution >= 4 is 5.96 Å². The van der Waals surface area contributed by atoms with Gasteiger partial charge in [-0.2, -0.15) is 0 Å². The topological polar surface area (TPSA) is 54.2 Å². The van der Waals surface area contributed by atoms with E-state index < -0.39 is 0 Å². The van der Waals surface area contributed by atoms with E-state index in [4.69, 9.17) is 0 Å². The van der Waals surface area contributed by atoms with E-state index in [2.05, 4.69) is 20.6 Å². The first-order chi connectivity index (χ1) is 10.8. The molecule has 5 nitrogen and oxygen atoms in total. The van der Waals surface area contributed by atoms with Gasteiger partial charge < -0.3 is 15.2 Å². The molecule has 0 aromatic carbocycles. The van der Waals surface area contributed by atoms with Crippen LogP contribution in [0.1, 0.15) is 50.8 Å². The van der Waals surface area contributed by atoms with Gasteiger partial charge in [0.15, 0.2) is 5.96 Å². The van der Waals surface area contributed by atoms with E-state index in [0.717, 1.165) is 23.6 Å². The lowest BCUT2D eigenvalue weighted by Gasteiger charge is -2.39. The summed E-state index contributed by atoms with van der Waals surface area (Å²) in [7, 11) is 3.87. The molecule has 0 radical (unpaired) electrons. The van der Waals surface area contributed by atoms with Gasteiger partial charge in [0.05, 0.1) is 6.54 Å². The number of aromatic nitrogens is 2. The fourth-order valence-corrected chi connectivity index (χ4v) is 4.12. The molecule has 1 aromatic rings. The van der Waals surface area contributed by atoms with Gasteiger partial charge in [0.2, 0.25) is 0 Å². The molecule has 2 fully saturated rings. The number of aryl methyl sites for hydroxylation is 1. The molecule has 2 saturated carbocycles. The van der Waals surface area contributed by atoms with Crippen molar-refractivity contribution in [1.82, 2.24) is 20.2 Å². The zero-order valence-electron chi connectivity index (χ0n) is 13.9. The molecule has 3 unspecified atom stereocenters. The molecule has 0 aliphatic heterocycles. The van der Waals surface area contributed by atoms with Crippen LogP contribution in [0.25, 0.3) is 0 Å². The number of hydrogen-bond acceptors (Lipinski definition) is 2. The molecule has 0 bridgehead atoms. The molecule has 3 rings (SSSR count). The molecule has 1 aromatic heterocycles. The molecular weight excluding hydrogens is 274 g/mol. The molecule has 3 atom stereocenters. The number of hydrogen-bond donors (Lipinski definition) is 2. The number of nitrogens with zero attached hydrogens (tertiary/aromatic N) is 3. The van der Waals surface area contributed by atoms with Crippen molar-refractivity contribution < 1.29 is 0 Å². The van der Waals surface area contributed by atoms with Crippen LogP contribution < -0.4 is 10.6 Å². The van der Waals surface area contributed by atoms with Crippen LogP contribution in [0.4, 0.5) is 0 Å². The van der Waals surface area contributed by atoms with E-state index in [1.807, 2.05) is 31.1 Å². The Morgan fingerprint density at radius 3 is 2.82 bits per heavy atom. The highest BCUT2D eigenvalue weighted by atomic mass is 15.2. The lowest BCUT2D eigenvalue weighted by Crippen LogP contribution is -2.46. The van der Waals surface area contributed by atoms with Gasteiger partial charge in [-0.1, -0.05) is 25.7 Å². The van der Waals surface area contributed by atoms with E-state index in [-0.39, 0.29) is 0 Å². The predicted octanol–water partition coefficient (Wildman–Crippen LogP) is 2.44. The Balaban J connectivity index is 1.49. The van der Waals surface area contributed by atoms with Crippen molar-refractivity contribution in [3.05, 3.63) is 18.2 Å². The first-order valence-electron chi connectivity index (χ1n) is 8.69. The highest BCUT2D eigenvalue weighted by molar-refractivity contribution is 5.79. The Hall–Kier alpha value is -1.52. The minimum atomic E-state index is 0.576. The zero-order valence-corrected chi connectivity index (χ0v) is 13.9. The third-order valence-electron chi connectivity index (χ3n) is 5.44. The van der Waals surface area contributed by atoms with Crippen molar-refractivity contribution in [1.29, 1.82) is 0 Å². The second kappa shape index (κ2) is 7.16. The summed E-state index contributed by atoms with van der Waals surface area (Å²) >= 11 is 0. The number of aliphatic imine (C=N–C) groups is 1. The fraction of sp³-hybridized carbons (Fsp3) is 0.765.